The van der Waals surface area contributed by atoms with Crippen LogP contribution in [0.25, 0.3) is 16.9 Å². The van der Waals surface area contributed by atoms with Crippen LogP contribution in [0.15, 0.2) is 65.2 Å². The van der Waals surface area contributed by atoms with Gasteiger partial charge in [-0.25, -0.2) is 4.39 Å². The quantitative estimate of drug-likeness (QED) is 0.635. The molecule has 0 fully saturated rings. The Morgan fingerprint density at radius 1 is 1.07 bits per heavy atom. The summed E-state index contributed by atoms with van der Waals surface area (Å²) in [4.78, 5) is 14.4. The normalized spacial score (nSPS) is 14.1. The van der Waals surface area contributed by atoms with E-state index in [1.807, 2.05) is 18.2 Å². The first-order valence-corrected chi connectivity index (χ1v) is 8.95. The van der Waals surface area contributed by atoms with Gasteiger partial charge in [-0.3, -0.25) is 4.79 Å². The Labute approximate surface area is 160 Å². The van der Waals surface area contributed by atoms with E-state index in [1.54, 1.807) is 35.2 Å². The number of rotatable bonds is 3. The van der Waals surface area contributed by atoms with Gasteiger partial charge < -0.3 is 9.42 Å². The maximum atomic E-state index is 13.1. The standard InChI is InChI=1S/C21H16ClFN2O2/c22-17-5-1-16(2-6-17)20-13-19(24-27-20)21(26)25-11-9-15(10-12-25)14-3-7-18(23)8-4-14/h1-9,13H,10-12H2. The van der Waals surface area contributed by atoms with Gasteiger partial charge in [-0.05, 0) is 54.0 Å². The average Bonchev–Trinajstić information content (AvgIpc) is 3.19. The minimum atomic E-state index is -0.255. The third-order valence-electron chi connectivity index (χ3n) is 4.57. The molecule has 27 heavy (non-hydrogen) atoms. The van der Waals surface area contributed by atoms with E-state index in [4.69, 9.17) is 16.1 Å². The lowest BCUT2D eigenvalue weighted by Crippen LogP contribution is -2.34. The summed E-state index contributed by atoms with van der Waals surface area (Å²) >= 11 is 5.89. The van der Waals surface area contributed by atoms with Crippen LogP contribution in [0, 0.1) is 5.82 Å². The zero-order valence-corrected chi connectivity index (χ0v) is 15.1. The minimum Gasteiger partial charge on any atom is -0.355 e. The first-order valence-electron chi connectivity index (χ1n) is 8.57. The number of hydrogen-bond donors (Lipinski definition) is 0. The van der Waals surface area contributed by atoms with E-state index >= 15 is 0 Å². The highest BCUT2D eigenvalue weighted by Gasteiger charge is 2.22. The first kappa shape index (κ1) is 17.5. The van der Waals surface area contributed by atoms with Gasteiger partial charge >= 0.3 is 0 Å². The van der Waals surface area contributed by atoms with Crippen molar-refractivity contribution >= 4 is 23.1 Å². The van der Waals surface area contributed by atoms with Crippen molar-refractivity contribution in [1.29, 1.82) is 0 Å². The van der Waals surface area contributed by atoms with Crippen molar-refractivity contribution in [2.24, 2.45) is 0 Å². The number of benzene rings is 2. The van der Waals surface area contributed by atoms with Gasteiger partial charge in [-0.15, -0.1) is 0 Å². The van der Waals surface area contributed by atoms with Crippen LogP contribution < -0.4 is 0 Å². The van der Waals surface area contributed by atoms with Crippen LogP contribution in [0.2, 0.25) is 5.02 Å². The summed E-state index contributed by atoms with van der Waals surface area (Å²) < 4.78 is 18.4. The predicted molar refractivity (Wildman–Crippen MR) is 102 cm³/mol. The Kier molecular flexibility index (Phi) is 4.77. The van der Waals surface area contributed by atoms with Gasteiger partial charge in [0.2, 0.25) is 0 Å². The minimum absolute atomic E-state index is 0.173. The van der Waals surface area contributed by atoms with E-state index < -0.39 is 0 Å². The third kappa shape index (κ3) is 3.78. The van der Waals surface area contributed by atoms with Gasteiger partial charge in [0.15, 0.2) is 11.5 Å². The Morgan fingerprint density at radius 2 is 1.78 bits per heavy atom. The molecule has 0 spiro atoms. The van der Waals surface area contributed by atoms with Gasteiger partial charge in [-0.2, -0.15) is 0 Å². The van der Waals surface area contributed by atoms with E-state index in [0.29, 0.717) is 30.3 Å². The molecule has 2 aromatic carbocycles. The molecule has 6 heteroatoms. The fourth-order valence-corrected chi connectivity index (χ4v) is 3.19. The highest BCUT2D eigenvalue weighted by atomic mass is 35.5. The summed E-state index contributed by atoms with van der Waals surface area (Å²) in [6.07, 6.45) is 2.70. The third-order valence-corrected chi connectivity index (χ3v) is 4.82. The molecule has 136 valence electrons. The van der Waals surface area contributed by atoms with E-state index in [9.17, 15) is 9.18 Å². The molecule has 0 atom stereocenters. The smallest absolute Gasteiger partial charge is 0.276 e. The van der Waals surface area contributed by atoms with E-state index in [1.165, 1.54) is 12.1 Å². The molecular weight excluding hydrogens is 367 g/mol. The lowest BCUT2D eigenvalue weighted by Gasteiger charge is -2.25. The molecule has 1 aromatic heterocycles. The molecular formula is C21H16ClFN2O2. The fourth-order valence-electron chi connectivity index (χ4n) is 3.07. The molecule has 0 aliphatic carbocycles. The van der Waals surface area contributed by atoms with Crippen LogP contribution >= 0.6 is 11.6 Å². The molecule has 0 saturated carbocycles. The van der Waals surface area contributed by atoms with E-state index in [2.05, 4.69) is 5.16 Å². The summed E-state index contributed by atoms with van der Waals surface area (Å²) in [7, 11) is 0. The maximum absolute atomic E-state index is 13.1. The van der Waals surface area contributed by atoms with Crippen LogP contribution in [0.1, 0.15) is 22.5 Å². The molecule has 0 N–H and O–H groups in total. The second kappa shape index (κ2) is 7.37. The molecule has 0 unspecified atom stereocenters. The Morgan fingerprint density at radius 3 is 2.44 bits per heavy atom. The largest absolute Gasteiger partial charge is 0.355 e. The van der Waals surface area contributed by atoms with E-state index in [-0.39, 0.29) is 17.4 Å². The van der Waals surface area contributed by atoms with Crippen LogP contribution in [0.5, 0.6) is 0 Å². The maximum Gasteiger partial charge on any atom is 0.276 e. The Balaban J connectivity index is 1.46. The predicted octanol–water partition coefficient (Wildman–Crippen LogP) is 5.06. The highest BCUT2D eigenvalue weighted by Crippen LogP contribution is 2.25. The Hall–Kier alpha value is -2.92. The molecule has 1 amide bonds. The van der Waals surface area contributed by atoms with Crippen molar-refractivity contribution in [3.05, 3.63) is 82.8 Å². The second-order valence-electron chi connectivity index (χ2n) is 6.32. The SMILES string of the molecule is O=C(c1cc(-c2ccc(Cl)cc2)on1)N1CC=C(c2ccc(F)cc2)CC1. The molecule has 0 bridgehead atoms. The fraction of sp³-hybridized carbons (Fsp3) is 0.143. The number of carbonyl (C=O) groups excluding carboxylic acids is 1. The molecule has 1 aliphatic rings. The van der Waals surface area contributed by atoms with Crippen molar-refractivity contribution in [3.8, 4) is 11.3 Å². The van der Waals surface area contributed by atoms with Gasteiger partial charge in [0.1, 0.15) is 5.82 Å². The number of amides is 1. The average molecular weight is 383 g/mol. The lowest BCUT2D eigenvalue weighted by atomic mass is 9.99. The van der Waals surface area contributed by atoms with Crippen LogP contribution in [0.4, 0.5) is 4.39 Å². The van der Waals surface area contributed by atoms with E-state index in [0.717, 1.165) is 16.7 Å². The van der Waals surface area contributed by atoms with Crippen LogP contribution in [-0.2, 0) is 0 Å². The van der Waals surface area contributed by atoms with Crippen molar-refractivity contribution < 1.29 is 13.7 Å². The topological polar surface area (TPSA) is 46.3 Å². The van der Waals surface area contributed by atoms with Crippen LogP contribution in [-0.4, -0.2) is 29.1 Å². The first-order chi connectivity index (χ1) is 13.1. The number of aromatic nitrogens is 1. The molecule has 2 heterocycles. The van der Waals surface area contributed by atoms with Crippen LogP contribution in [0.3, 0.4) is 0 Å². The summed E-state index contributed by atoms with van der Waals surface area (Å²) in [5.74, 6) is 0.0948. The highest BCUT2D eigenvalue weighted by molar-refractivity contribution is 6.30. The Bertz CT molecular complexity index is 994. The van der Waals surface area contributed by atoms with Gasteiger partial charge in [0.05, 0.1) is 0 Å². The van der Waals surface area contributed by atoms with Gasteiger partial charge in [-0.1, -0.05) is 35.0 Å². The van der Waals surface area contributed by atoms with Crippen molar-refractivity contribution in [3.63, 3.8) is 0 Å². The molecule has 4 rings (SSSR count). The zero-order valence-electron chi connectivity index (χ0n) is 14.4. The molecule has 0 radical (unpaired) electrons. The summed E-state index contributed by atoms with van der Waals surface area (Å²) in [6.45, 7) is 1.06. The molecule has 1 aliphatic heterocycles. The second-order valence-corrected chi connectivity index (χ2v) is 6.76. The number of carbonyl (C=O) groups is 1. The van der Waals surface area contributed by atoms with Gasteiger partial charge in [0.25, 0.3) is 5.91 Å². The molecule has 0 saturated heterocycles. The number of hydrogen-bond acceptors (Lipinski definition) is 3. The monoisotopic (exact) mass is 382 g/mol. The van der Waals surface area contributed by atoms with Crippen molar-refractivity contribution in [2.45, 2.75) is 6.42 Å². The summed E-state index contributed by atoms with van der Waals surface area (Å²) in [6, 6.07) is 15.2. The summed E-state index contributed by atoms with van der Waals surface area (Å²) in [5, 5.41) is 4.55. The van der Waals surface area contributed by atoms with Crippen molar-refractivity contribution in [2.75, 3.05) is 13.1 Å². The lowest BCUT2D eigenvalue weighted by molar-refractivity contribution is 0.0762. The number of halogens is 2. The zero-order chi connectivity index (χ0) is 18.8. The molecule has 4 nitrogen and oxygen atoms in total. The number of nitrogens with zero attached hydrogens (tertiary/aromatic N) is 2. The molecule has 3 aromatic rings. The summed E-state index contributed by atoms with van der Waals surface area (Å²) in [5.41, 5.74) is 3.18. The van der Waals surface area contributed by atoms with Gasteiger partial charge in [0, 0.05) is 29.7 Å². The van der Waals surface area contributed by atoms with Crippen molar-refractivity contribution in [1.82, 2.24) is 10.1 Å².